The Kier molecular flexibility index (Phi) is 6.01. The van der Waals surface area contributed by atoms with Crippen molar-refractivity contribution in [3.8, 4) is 11.5 Å². The van der Waals surface area contributed by atoms with Crippen LogP contribution in [0.1, 0.15) is 29.9 Å². The van der Waals surface area contributed by atoms with Gasteiger partial charge in [0.1, 0.15) is 5.69 Å². The van der Waals surface area contributed by atoms with Crippen molar-refractivity contribution in [2.75, 3.05) is 13.1 Å². The molecule has 1 aromatic carbocycles. The Labute approximate surface area is 175 Å². The number of hydrogen-bond donors (Lipinski definition) is 0. The molecule has 8 nitrogen and oxygen atoms in total. The Hall–Kier alpha value is -2.91. The molecule has 0 saturated carbocycles. The minimum Gasteiger partial charge on any atom is -0.339 e. The van der Waals surface area contributed by atoms with E-state index in [4.69, 9.17) is 4.52 Å². The number of hydrogen-bond acceptors (Lipinski definition) is 7. The predicted octanol–water partition coefficient (Wildman–Crippen LogP) is 3.09. The molecule has 3 aromatic rings. The van der Waals surface area contributed by atoms with E-state index in [1.807, 2.05) is 31.2 Å². The fourth-order valence-corrected chi connectivity index (χ4v) is 4.76. The number of nitrogens with zero attached hydrogens (tertiary/aromatic N) is 5. The van der Waals surface area contributed by atoms with Crippen molar-refractivity contribution in [2.45, 2.75) is 26.2 Å². The van der Waals surface area contributed by atoms with Crippen molar-refractivity contribution in [2.24, 2.45) is 5.92 Å². The molecule has 1 aliphatic rings. The van der Waals surface area contributed by atoms with Crippen molar-refractivity contribution in [3.05, 3.63) is 65.3 Å². The minimum atomic E-state index is -3.49. The van der Waals surface area contributed by atoms with Crippen molar-refractivity contribution in [3.63, 3.8) is 0 Å². The number of aromatic nitrogens is 4. The standard InChI is InChI=1S/C21H23N5O3S/c1-16-4-6-17(7-5-16)8-12-30(27,28)26-11-2-3-18(15-26)13-20-24-21(25-29-20)19-14-22-9-10-23-19/h4-10,12,14,18H,2-3,11,13,15H2,1H3. The van der Waals surface area contributed by atoms with Crippen molar-refractivity contribution < 1.29 is 12.9 Å². The molecule has 1 unspecified atom stereocenters. The van der Waals surface area contributed by atoms with Gasteiger partial charge < -0.3 is 4.52 Å². The predicted molar refractivity (Wildman–Crippen MR) is 112 cm³/mol. The smallest absolute Gasteiger partial charge is 0.236 e. The highest BCUT2D eigenvalue weighted by Gasteiger charge is 2.28. The van der Waals surface area contributed by atoms with Gasteiger partial charge in [-0.1, -0.05) is 35.0 Å². The second-order valence-corrected chi connectivity index (χ2v) is 9.25. The van der Waals surface area contributed by atoms with Crippen LogP contribution < -0.4 is 0 Å². The summed E-state index contributed by atoms with van der Waals surface area (Å²) in [6.45, 7) is 2.95. The van der Waals surface area contributed by atoms with E-state index in [9.17, 15) is 8.42 Å². The third kappa shape index (κ3) is 4.98. The molecule has 1 fully saturated rings. The molecule has 0 amide bonds. The van der Waals surface area contributed by atoms with Gasteiger partial charge in [0.05, 0.1) is 6.20 Å². The van der Waals surface area contributed by atoms with E-state index < -0.39 is 10.0 Å². The lowest BCUT2D eigenvalue weighted by Gasteiger charge is -2.30. The maximum atomic E-state index is 12.8. The highest BCUT2D eigenvalue weighted by molar-refractivity contribution is 7.92. The van der Waals surface area contributed by atoms with Crippen molar-refractivity contribution >= 4 is 16.1 Å². The quantitative estimate of drug-likeness (QED) is 0.598. The molecule has 3 heterocycles. The normalized spacial score (nSPS) is 18.1. The van der Waals surface area contributed by atoms with Gasteiger partial charge in [-0.25, -0.2) is 13.4 Å². The zero-order valence-corrected chi connectivity index (χ0v) is 17.5. The number of piperidine rings is 1. The molecular formula is C21H23N5O3S. The zero-order valence-electron chi connectivity index (χ0n) is 16.7. The molecule has 9 heteroatoms. The Bertz CT molecular complexity index is 1110. The summed E-state index contributed by atoms with van der Waals surface area (Å²) < 4.78 is 32.5. The molecule has 1 saturated heterocycles. The fraction of sp³-hybridized carbons (Fsp3) is 0.333. The lowest BCUT2D eigenvalue weighted by atomic mass is 9.96. The first-order chi connectivity index (χ1) is 14.5. The summed E-state index contributed by atoms with van der Waals surface area (Å²) in [5.41, 5.74) is 2.54. The van der Waals surface area contributed by atoms with Gasteiger partial charge >= 0.3 is 0 Å². The van der Waals surface area contributed by atoms with Crippen LogP contribution in [0, 0.1) is 12.8 Å². The van der Waals surface area contributed by atoms with Crippen LogP contribution in [0.4, 0.5) is 0 Å². The molecule has 1 aliphatic heterocycles. The van der Waals surface area contributed by atoms with E-state index in [1.54, 1.807) is 24.7 Å². The van der Waals surface area contributed by atoms with Crippen LogP contribution in [0.3, 0.4) is 0 Å². The summed E-state index contributed by atoms with van der Waals surface area (Å²) in [6.07, 6.45) is 8.60. The van der Waals surface area contributed by atoms with E-state index >= 15 is 0 Å². The summed E-state index contributed by atoms with van der Waals surface area (Å²) in [5.74, 6) is 0.992. The minimum absolute atomic E-state index is 0.122. The first-order valence-corrected chi connectivity index (χ1v) is 11.3. The second-order valence-electron chi connectivity index (χ2n) is 7.43. The third-order valence-corrected chi connectivity index (χ3v) is 6.61. The molecule has 2 aromatic heterocycles. The van der Waals surface area contributed by atoms with Gasteiger partial charge in [-0.2, -0.15) is 9.29 Å². The summed E-state index contributed by atoms with van der Waals surface area (Å²) in [6, 6.07) is 7.74. The number of rotatable bonds is 6. The summed E-state index contributed by atoms with van der Waals surface area (Å²) in [5, 5.41) is 5.25. The SMILES string of the molecule is Cc1ccc(C=CS(=O)(=O)N2CCCC(Cc3nc(-c4cnccn4)no3)C2)cc1. The molecule has 0 N–H and O–H groups in total. The maximum absolute atomic E-state index is 12.8. The molecule has 1 atom stereocenters. The van der Waals surface area contributed by atoms with E-state index in [0.717, 1.165) is 24.0 Å². The number of aryl methyl sites for hydroxylation is 1. The van der Waals surface area contributed by atoms with Crippen LogP contribution in [0.15, 0.2) is 52.8 Å². The molecule has 156 valence electrons. The third-order valence-electron chi connectivity index (χ3n) is 5.08. The van der Waals surface area contributed by atoms with Crippen molar-refractivity contribution in [1.29, 1.82) is 0 Å². The molecule has 0 aliphatic carbocycles. The van der Waals surface area contributed by atoms with E-state index in [-0.39, 0.29) is 5.92 Å². The van der Waals surface area contributed by atoms with Gasteiger partial charge in [-0.15, -0.1) is 0 Å². The van der Waals surface area contributed by atoms with Gasteiger partial charge in [0.15, 0.2) is 0 Å². The first-order valence-electron chi connectivity index (χ1n) is 9.83. The zero-order chi connectivity index (χ0) is 21.0. The van der Waals surface area contributed by atoms with Crippen LogP contribution in [0.2, 0.25) is 0 Å². The summed E-state index contributed by atoms with van der Waals surface area (Å²) in [4.78, 5) is 12.5. The van der Waals surface area contributed by atoms with Crippen LogP contribution in [-0.2, 0) is 16.4 Å². The maximum Gasteiger partial charge on any atom is 0.236 e. The van der Waals surface area contributed by atoms with E-state index in [1.165, 1.54) is 9.71 Å². The lowest BCUT2D eigenvalue weighted by Crippen LogP contribution is -2.39. The van der Waals surface area contributed by atoms with Crippen molar-refractivity contribution in [1.82, 2.24) is 24.4 Å². The Morgan fingerprint density at radius 1 is 1.23 bits per heavy atom. The topological polar surface area (TPSA) is 102 Å². The first kappa shape index (κ1) is 20.4. The van der Waals surface area contributed by atoms with Crippen LogP contribution >= 0.6 is 0 Å². The van der Waals surface area contributed by atoms with Crippen LogP contribution in [-0.4, -0.2) is 45.9 Å². The fourth-order valence-electron chi connectivity index (χ4n) is 3.46. The number of sulfonamides is 1. The van der Waals surface area contributed by atoms with Gasteiger partial charge in [0, 0.05) is 37.3 Å². The van der Waals surface area contributed by atoms with Gasteiger partial charge in [-0.05, 0) is 37.3 Å². The summed E-state index contributed by atoms with van der Waals surface area (Å²) >= 11 is 0. The Balaban J connectivity index is 1.40. The Morgan fingerprint density at radius 2 is 2.07 bits per heavy atom. The van der Waals surface area contributed by atoms with E-state index in [2.05, 4.69) is 20.1 Å². The Morgan fingerprint density at radius 3 is 2.83 bits per heavy atom. The highest BCUT2D eigenvalue weighted by atomic mass is 32.2. The second kappa shape index (κ2) is 8.85. The molecular weight excluding hydrogens is 402 g/mol. The molecule has 30 heavy (non-hydrogen) atoms. The van der Waals surface area contributed by atoms with E-state index in [0.29, 0.717) is 36.9 Å². The molecule has 0 bridgehead atoms. The monoisotopic (exact) mass is 425 g/mol. The molecule has 0 spiro atoms. The van der Waals surface area contributed by atoms with Crippen LogP contribution in [0.25, 0.3) is 17.6 Å². The largest absolute Gasteiger partial charge is 0.339 e. The molecule has 0 radical (unpaired) electrons. The average molecular weight is 426 g/mol. The van der Waals surface area contributed by atoms with Gasteiger partial charge in [0.2, 0.25) is 21.7 Å². The molecule has 4 rings (SSSR count). The van der Waals surface area contributed by atoms with Gasteiger partial charge in [-0.3, -0.25) is 4.98 Å². The summed E-state index contributed by atoms with van der Waals surface area (Å²) in [7, 11) is -3.49. The lowest BCUT2D eigenvalue weighted by molar-refractivity contribution is 0.248. The number of benzene rings is 1. The van der Waals surface area contributed by atoms with Crippen LogP contribution in [0.5, 0.6) is 0 Å². The average Bonchev–Trinajstić information content (AvgIpc) is 3.23. The van der Waals surface area contributed by atoms with Gasteiger partial charge in [0.25, 0.3) is 0 Å². The highest BCUT2D eigenvalue weighted by Crippen LogP contribution is 2.24.